The first-order valence-electron chi connectivity index (χ1n) is 13.9. The van der Waals surface area contributed by atoms with E-state index in [0.29, 0.717) is 40.9 Å². The minimum absolute atomic E-state index is 0.0164. The van der Waals surface area contributed by atoms with Crippen LogP contribution in [-0.4, -0.2) is 45.4 Å². The van der Waals surface area contributed by atoms with E-state index in [4.69, 9.17) is 30.8 Å². The number of hydrogen-bond acceptors (Lipinski definition) is 6. The van der Waals surface area contributed by atoms with E-state index in [9.17, 15) is 14.3 Å². The van der Waals surface area contributed by atoms with Crippen LogP contribution in [-0.2, 0) is 24.3 Å². The normalized spacial score (nSPS) is 14.7. The molecule has 1 fully saturated rings. The Hall–Kier alpha value is -4.47. The lowest BCUT2D eigenvalue weighted by molar-refractivity contribution is 0.0697. The summed E-state index contributed by atoms with van der Waals surface area (Å²) in [6.45, 7) is 1.33. The van der Waals surface area contributed by atoms with Gasteiger partial charge < -0.3 is 23.9 Å². The molecule has 0 amide bonds. The monoisotopic (exact) mass is 601 g/mol. The van der Waals surface area contributed by atoms with E-state index < -0.39 is 11.8 Å². The van der Waals surface area contributed by atoms with E-state index in [1.54, 1.807) is 43.5 Å². The number of pyridine rings is 1. The van der Waals surface area contributed by atoms with E-state index in [0.717, 1.165) is 47.4 Å². The maximum Gasteiger partial charge on any atom is 0.335 e. The number of hydrogen-bond donors (Lipinski definition) is 1. The standard InChI is InChI=1S/C33H29ClFN3O5/c1-41-30-15-20(27-5-2-6-32(37-27)43-19-23-9-11-24(34)17-26(23)35)7-8-21(30)16-31-36-28-12-10-22(33(39)40)14-29(28)38(31)18-25-4-3-13-42-25/h2,5-12,14-15,17,25H,3-4,13,16,18-19H2,1H3,(H,39,40). The van der Waals surface area contributed by atoms with Gasteiger partial charge in [-0.05, 0) is 55.3 Å². The zero-order chi connectivity index (χ0) is 29.9. The van der Waals surface area contributed by atoms with Crippen LogP contribution in [0.15, 0.2) is 72.8 Å². The first-order valence-corrected chi connectivity index (χ1v) is 14.3. The summed E-state index contributed by atoms with van der Waals surface area (Å²) >= 11 is 5.85. The molecule has 0 spiro atoms. The second-order valence-electron chi connectivity index (χ2n) is 10.4. The molecular formula is C33H29ClFN3O5. The molecule has 0 saturated carbocycles. The highest BCUT2D eigenvalue weighted by atomic mass is 35.5. The number of halogens is 2. The van der Waals surface area contributed by atoms with Crippen molar-refractivity contribution in [2.24, 2.45) is 0 Å². The van der Waals surface area contributed by atoms with Crippen LogP contribution in [0.2, 0.25) is 5.02 Å². The molecule has 0 radical (unpaired) electrons. The lowest BCUT2D eigenvalue weighted by Gasteiger charge is -2.16. The van der Waals surface area contributed by atoms with Crippen molar-refractivity contribution in [3.8, 4) is 22.9 Å². The van der Waals surface area contributed by atoms with Gasteiger partial charge in [-0.2, -0.15) is 0 Å². The number of ether oxygens (including phenoxy) is 3. The van der Waals surface area contributed by atoms with Crippen LogP contribution in [0.5, 0.6) is 11.6 Å². The average Bonchev–Trinajstić information content (AvgIpc) is 3.65. The van der Waals surface area contributed by atoms with Gasteiger partial charge >= 0.3 is 5.97 Å². The van der Waals surface area contributed by atoms with E-state index in [2.05, 4.69) is 9.55 Å². The van der Waals surface area contributed by atoms with Gasteiger partial charge in [0.1, 0.15) is 24.0 Å². The number of carboxylic acid groups (broad SMARTS) is 1. The highest BCUT2D eigenvalue weighted by Gasteiger charge is 2.22. The minimum Gasteiger partial charge on any atom is -0.496 e. The summed E-state index contributed by atoms with van der Waals surface area (Å²) in [6, 6.07) is 20.7. The molecule has 0 bridgehead atoms. The molecule has 6 rings (SSSR count). The molecule has 0 aliphatic carbocycles. The fraction of sp³-hybridized carbons (Fsp3) is 0.242. The van der Waals surface area contributed by atoms with Crippen LogP contribution in [0.1, 0.15) is 40.2 Å². The van der Waals surface area contributed by atoms with Crippen molar-refractivity contribution in [1.82, 2.24) is 14.5 Å². The molecule has 1 aliphatic heterocycles. The molecule has 43 heavy (non-hydrogen) atoms. The Kier molecular flexibility index (Phi) is 8.26. The van der Waals surface area contributed by atoms with Gasteiger partial charge in [0, 0.05) is 40.8 Å². The number of imidazole rings is 1. The lowest BCUT2D eigenvalue weighted by atomic mass is 10.0. The van der Waals surface area contributed by atoms with Gasteiger partial charge in [0.05, 0.1) is 42.0 Å². The first kappa shape index (κ1) is 28.6. The van der Waals surface area contributed by atoms with E-state index >= 15 is 0 Å². The average molecular weight is 602 g/mol. The molecule has 1 saturated heterocycles. The van der Waals surface area contributed by atoms with Gasteiger partial charge in [0.15, 0.2) is 0 Å². The summed E-state index contributed by atoms with van der Waals surface area (Å²) in [4.78, 5) is 21.2. The number of methoxy groups -OCH3 is 1. The first-order chi connectivity index (χ1) is 20.9. The summed E-state index contributed by atoms with van der Waals surface area (Å²) < 4.78 is 33.7. The van der Waals surface area contributed by atoms with E-state index in [1.165, 1.54) is 6.07 Å². The Morgan fingerprint density at radius 2 is 1.95 bits per heavy atom. The molecule has 10 heteroatoms. The molecule has 220 valence electrons. The molecule has 1 atom stereocenters. The topological polar surface area (TPSA) is 95.7 Å². The summed E-state index contributed by atoms with van der Waals surface area (Å²) in [6.07, 6.45) is 2.46. The molecule has 1 N–H and O–H groups in total. The Bertz CT molecular complexity index is 1800. The SMILES string of the molecule is COc1cc(-c2cccc(OCc3ccc(Cl)cc3F)n2)ccc1Cc1nc2ccc(C(=O)O)cc2n1CC1CCCO1. The summed E-state index contributed by atoms with van der Waals surface area (Å²) in [5.74, 6) is 0.401. The highest BCUT2D eigenvalue weighted by molar-refractivity contribution is 6.30. The Balaban J connectivity index is 1.27. The van der Waals surface area contributed by atoms with Crippen LogP contribution < -0.4 is 9.47 Å². The number of carbonyl (C=O) groups is 1. The number of benzene rings is 3. The van der Waals surface area contributed by atoms with Crippen LogP contribution in [0.3, 0.4) is 0 Å². The van der Waals surface area contributed by atoms with Gasteiger partial charge in [-0.25, -0.2) is 19.2 Å². The second-order valence-corrected chi connectivity index (χ2v) is 10.8. The minimum atomic E-state index is -0.981. The van der Waals surface area contributed by atoms with Crippen molar-refractivity contribution in [2.75, 3.05) is 13.7 Å². The largest absolute Gasteiger partial charge is 0.496 e. The molecule has 2 aromatic heterocycles. The van der Waals surface area contributed by atoms with Crippen molar-refractivity contribution in [1.29, 1.82) is 0 Å². The molecule has 8 nitrogen and oxygen atoms in total. The van der Waals surface area contributed by atoms with Crippen molar-refractivity contribution in [3.63, 3.8) is 0 Å². The summed E-state index contributed by atoms with van der Waals surface area (Å²) in [7, 11) is 1.62. The molecule has 1 unspecified atom stereocenters. The van der Waals surface area contributed by atoms with E-state index in [1.807, 2.05) is 30.3 Å². The zero-order valence-corrected chi connectivity index (χ0v) is 24.2. The van der Waals surface area contributed by atoms with Gasteiger partial charge in [0.25, 0.3) is 0 Å². The third-order valence-corrected chi connectivity index (χ3v) is 7.77. The third-order valence-electron chi connectivity index (χ3n) is 7.53. The van der Waals surface area contributed by atoms with E-state index in [-0.39, 0.29) is 18.3 Å². The number of fused-ring (bicyclic) bond motifs is 1. The lowest BCUT2D eigenvalue weighted by Crippen LogP contribution is -2.17. The smallest absolute Gasteiger partial charge is 0.335 e. The van der Waals surface area contributed by atoms with Crippen molar-refractivity contribution < 1.29 is 28.5 Å². The highest BCUT2D eigenvalue weighted by Crippen LogP contribution is 2.31. The maximum atomic E-state index is 14.2. The van der Waals surface area contributed by atoms with Crippen LogP contribution in [0.4, 0.5) is 4.39 Å². The van der Waals surface area contributed by atoms with Crippen molar-refractivity contribution in [2.45, 2.75) is 38.5 Å². The van der Waals surface area contributed by atoms with Crippen LogP contribution in [0.25, 0.3) is 22.3 Å². The Labute approximate surface area is 252 Å². The predicted molar refractivity (Wildman–Crippen MR) is 160 cm³/mol. The fourth-order valence-electron chi connectivity index (χ4n) is 5.30. The Morgan fingerprint density at radius 3 is 2.72 bits per heavy atom. The summed E-state index contributed by atoms with van der Waals surface area (Å²) in [5.41, 5.74) is 4.50. The molecule has 5 aromatic rings. The van der Waals surface area contributed by atoms with Gasteiger partial charge in [-0.1, -0.05) is 35.9 Å². The molecule has 3 heterocycles. The van der Waals surface area contributed by atoms with Gasteiger partial charge in [-0.15, -0.1) is 0 Å². The third kappa shape index (κ3) is 6.33. The van der Waals surface area contributed by atoms with Gasteiger partial charge in [0.2, 0.25) is 5.88 Å². The maximum absolute atomic E-state index is 14.2. The molecule has 1 aliphatic rings. The summed E-state index contributed by atoms with van der Waals surface area (Å²) in [5, 5.41) is 9.89. The number of nitrogens with zero attached hydrogens (tertiary/aromatic N) is 3. The van der Waals surface area contributed by atoms with Crippen molar-refractivity contribution >= 4 is 28.6 Å². The van der Waals surface area contributed by atoms with Gasteiger partial charge in [-0.3, -0.25) is 0 Å². The quantitative estimate of drug-likeness (QED) is 0.185. The number of rotatable bonds is 10. The Morgan fingerprint density at radius 1 is 1.09 bits per heavy atom. The zero-order valence-electron chi connectivity index (χ0n) is 23.4. The van der Waals surface area contributed by atoms with Crippen molar-refractivity contribution in [3.05, 3.63) is 106 Å². The number of aromatic nitrogens is 3. The van der Waals surface area contributed by atoms with Crippen LogP contribution >= 0.6 is 11.6 Å². The van der Waals surface area contributed by atoms with Crippen LogP contribution in [0, 0.1) is 5.82 Å². The molecule has 3 aromatic carbocycles. The molecular weight excluding hydrogens is 573 g/mol. The fourth-order valence-corrected chi connectivity index (χ4v) is 5.46. The second kappa shape index (κ2) is 12.4. The number of carboxylic acids is 1. The number of aromatic carboxylic acids is 1. The predicted octanol–water partition coefficient (Wildman–Crippen LogP) is 6.95.